The maximum absolute atomic E-state index is 13.0. The number of carbonyl (C=O) groups is 1. The van der Waals surface area contributed by atoms with Gasteiger partial charge in [-0.25, -0.2) is 0 Å². The SMILES string of the molecule is C=C(C)NCCCC(C)C(=O)n1cc(CCN(C)C)c2cc(C)ccc21. The number of aromatic nitrogens is 1. The Labute approximate surface area is 157 Å². The van der Waals surface area contributed by atoms with Gasteiger partial charge in [0.05, 0.1) is 5.52 Å². The molecule has 0 saturated heterocycles. The molecule has 1 unspecified atom stereocenters. The summed E-state index contributed by atoms with van der Waals surface area (Å²) in [5, 5.41) is 4.43. The molecule has 1 aromatic heterocycles. The first-order valence-corrected chi connectivity index (χ1v) is 9.48. The maximum atomic E-state index is 13.0. The highest BCUT2D eigenvalue weighted by Crippen LogP contribution is 2.25. The Bertz CT molecular complexity index is 773. The number of fused-ring (bicyclic) bond motifs is 1. The third-order valence-electron chi connectivity index (χ3n) is 4.77. The Kier molecular flexibility index (Phi) is 7.04. The Morgan fingerprint density at radius 1 is 1.35 bits per heavy atom. The third kappa shape index (κ3) is 5.21. The minimum atomic E-state index is 0.000484. The van der Waals surface area contributed by atoms with Crippen LogP contribution in [0.1, 0.15) is 42.6 Å². The summed E-state index contributed by atoms with van der Waals surface area (Å²) in [6, 6.07) is 6.37. The van der Waals surface area contributed by atoms with Crippen molar-refractivity contribution < 1.29 is 4.79 Å². The molecule has 4 heteroatoms. The van der Waals surface area contributed by atoms with Crippen molar-refractivity contribution in [3.63, 3.8) is 0 Å². The van der Waals surface area contributed by atoms with E-state index in [0.717, 1.165) is 43.6 Å². The first kappa shape index (κ1) is 20.2. The first-order valence-electron chi connectivity index (χ1n) is 9.48. The van der Waals surface area contributed by atoms with E-state index in [1.54, 1.807) is 0 Å². The molecule has 0 aliphatic heterocycles. The number of hydrogen-bond acceptors (Lipinski definition) is 3. The predicted octanol–water partition coefficient (Wildman–Crippen LogP) is 4.23. The second-order valence-electron chi connectivity index (χ2n) is 7.69. The molecule has 0 aliphatic carbocycles. The lowest BCUT2D eigenvalue weighted by atomic mass is 10.0. The van der Waals surface area contributed by atoms with Gasteiger partial charge in [-0.2, -0.15) is 0 Å². The zero-order chi connectivity index (χ0) is 19.3. The number of carbonyl (C=O) groups excluding carboxylic acids is 1. The first-order chi connectivity index (χ1) is 12.3. The van der Waals surface area contributed by atoms with E-state index in [-0.39, 0.29) is 11.8 Å². The molecular weight excluding hydrogens is 322 g/mol. The number of likely N-dealkylation sites (N-methyl/N-ethyl adjacent to an activating group) is 1. The lowest BCUT2D eigenvalue weighted by Gasteiger charge is -2.13. The monoisotopic (exact) mass is 355 g/mol. The molecule has 0 fully saturated rings. The van der Waals surface area contributed by atoms with Gasteiger partial charge in [0.25, 0.3) is 0 Å². The lowest BCUT2D eigenvalue weighted by Crippen LogP contribution is -2.20. The van der Waals surface area contributed by atoms with Gasteiger partial charge in [0, 0.05) is 36.3 Å². The molecular formula is C22H33N3O. The van der Waals surface area contributed by atoms with Crippen molar-refractivity contribution in [1.82, 2.24) is 14.8 Å². The van der Waals surface area contributed by atoms with Crippen LogP contribution in [-0.2, 0) is 6.42 Å². The highest BCUT2D eigenvalue weighted by atomic mass is 16.2. The summed E-state index contributed by atoms with van der Waals surface area (Å²) in [6.07, 6.45) is 4.84. The predicted molar refractivity (Wildman–Crippen MR) is 111 cm³/mol. The average Bonchev–Trinajstić information content (AvgIpc) is 2.93. The summed E-state index contributed by atoms with van der Waals surface area (Å²) in [7, 11) is 4.16. The molecule has 0 radical (unpaired) electrons. The second-order valence-corrected chi connectivity index (χ2v) is 7.69. The molecule has 0 spiro atoms. The Hall–Kier alpha value is -2.07. The van der Waals surface area contributed by atoms with Gasteiger partial charge in [0.2, 0.25) is 5.91 Å². The quantitative estimate of drug-likeness (QED) is 0.684. The number of rotatable bonds is 9. The standard InChI is InChI=1S/C22H33N3O/c1-16(2)23-12-7-8-18(4)22(26)25-15-19(11-13-24(5)6)20-14-17(3)9-10-21(20)25/h9-10,14-15,18,23H,1,7-8,11-13H2,2-6H3. The maximum Gasteiger partial charge on any atom is 0.233 e. The molecule has 1 heterocycles. The van der Waals surface area contributed by atoms with E-state index in [1.165, 1.54) is 16.5 Å². The van der Waals surface area contributed by atoms with Crippen LogP contribution in [0.4, 0.5) is 0 Å². The molecule has 142 valence electrons. The van der Waals surface area contributed by atoms with Crippen molar-refractivity contribution in [1.29, 1.82) is 0 Å². The van der Waals surface area contributed by atoms with Gasteiger partial charge in [0.15, 0.2) is 0 Å². The van der Waals surface area contributed by atoms with Gasteiger partial charge in [0.1, 0.15) is 0 Å². The molecule has 4 nitrogen and oxygen atoms in total. The molecule has 26 heavy (non-hydrogen) atoms. The van der Waals surface area contributed by atoms with E-state index in [1.807, 2.05) is 18.4 Å². The van der Waals surface area contributed by atoms with Crippen LogP contribution in [0.25, 0.3) is 10.9 Å². The molecule has 1 aromatic carbocycles. The van der Waals surface area contributed by atoms with Crippen LogP contribution in [0.2, 0.25) is 0 Å². The van der Waals surface area contributed by atoms with Crippen molar-refractivity contribution in [3.8, 4) is 0 Å². The van der Waals surface area contributed by atoms with Crippen LogP contribution in [0.3, 0.4) is 0 Å². The minimum Gasteiger partial charge on any atom is -0.389 e. The molecule has 0 bridgehead atoms. The largest absolute Gasteiger partial charge is 0.389 e. The Balaban J connectivity index is 2.19. The summed E-state index contributed by atoms with van der Waals surface area (Å²) in [4.78, 5) is 15.2. The van der Waals surface area contributed by atoms with Crippen molar-refractivity contribution >= 4 is 16.8 Å². The minimum absolute atomic E-state index is 0.000484. The van der Waals surface area contributed by atoms with Crippen molar-refractivity contribution in [3.05, 3.63) is 47.8 Å². The van der Waals surface area contributed by atoms with Crippen LogP contribution < -0.4 is 5.32 Å². The number of allylic oxidation sites excluding steroid dienone is 1. The molecule has 1 atom stereocenters. The molecule has 0 amide bonds. The number of nitrogens with zero attached hydrogens (tertiary/aromatic N) is 2. The van der Waals surface area contributed by atoms with Gasteiger partial charge >= 0.3 is 0 Å². The van der Waals surface area contributed by atoms with Crippen LogP contribution in [0, 0.1) is 12.8 Å². The highest BCUT2D eigenvalue weighted by molar-refractivity contribution is 5.95. The fraction of sp³-hybridized carbons (Fsp3) is 0.500. The Morgan fingerprint density at radius 3 is 2.73 bits per heavy atom. The Morgan fingerprint density at radius 2 is 2.08 bits per heavy atom. The van der Waals surface area contributed by atoms with Crippen LogP contribution in [0.5, 0.6) is 0 Å². The van der Waals surface area contributed by atoms with Crippen LogP contribution in [-0.4, -0.2) is 42.6 Å². The molecule has 0 saturated carbocycles. The average molecular weight is 356 g/mol. The second kappa shape index (κ2) is 9.04. The van der Waals surface area contributed by atoms with Crippen molar-refractivity contribution in [2.75, 3.05) is 27.2 Å². The van der Waals surface area contributed by atoms with E-state index in [9.17, 15) is 4.79 Å². The number of aryl methyl sites for hydroxylation is 1. The summed E-state index contributed by atoms with van der Waals surface area (Å²) in [6.45, 7) is 11.8. The molecule has 1 N–H and O–H groups in total. The fourth-order valence-electron chi connectivity index (χ4n) is 3.21. The number of nitrogens with one attached hydrogen (secondary N) is 1. The molecule has 0 aliphatic rings. The smallest absolute Gasteiger partial charge is 0.233 e. The number of hydrogen-bond donors (Lipinski definition) is 1. The van der Waals surface area contributed by atoms with E-state index >= 15 is 0 Å². The zero-order valence-corrected chi connectivity index (χ0v) is 16.9. The molecule has 2 aromatic rings. The zero-order valence-electron chi connectivity index (χ0n) is 16.9. The van der Waals surface area contributed by atoms with Gasteiger partial charge in [-0.3, -0.25) is 9.36 Å². The lowest BCUT2D eigenvalue weighted by molar-refractivity contribution is 0.0843. The highest BCUT2D eigenvalue weighted by Gasteiger charge is 2.19. The van der Waals surface area contributed by atoms with Crippen molar-refractivity contribution in [2.45, 2.75) is 40.0 Å². The summed E-state index contributed by atoms with van der Waals surface area (Å²) >= 11 is 0. The van der Waals surface area contributed by atoms with Gasteiger partial charge in [-0.05, 0) is 64.9 Å². The molecule has 2 rings (SSSR count). The van der Waals surface area contributed by atoms with E-state index in [4.69, 9.17) is 0 Å². The third-order valence-corrected chi connectivity index (χ3v) is 4.77. The summed E-state index contributed by atoms with van der Waals surface area (Å²) in [5.41, 5.74) is 4.48. The van der Waals surface area contributed by atoms with Crippen molar-refractivity contribution in [2.24, 2.45) is 5.92 Å². The van der Waals surface area contributed by atoms with Gasteiger partial charge < -0.3 is 10.2 Å². The summed E-state index contributed by atoms with van der Waals surface area (Å²) < 4.78 is 1.87. The van der Waals surface area contributed by atoms with Gasteiger partial charge in [-0.1, -0.05) is 25.1 Å². The van der Waals surface area contributed by atoms with Crippen LogP contribution >= 0.6 is 0 Å². The van der Waals surface area contributed by atoms with E-state index < -0.39 is 0 Å². The topological polar surface area (TPSA) is 37.3 Å². The normalized spacial score (nSPS) is 12.5. The van der Waals surface area contributed by atoms with E-state index in [0.29, 0.717) is 0 Å². The summed E-state index contributed by atoms with van der Waals surface area (Å²) in [5.74, 6) is 0.186. The number of benzene rings is 1. The van der Waals surface area contributed by atoms with Crippen LogP contribution in [0.15, 0.2) is 36.7 Å². The fourth-order valence-corrected chi connectivity index (χ4v) is 3.21. The van der Waals surface area contributed by atoms with Gasteiger partial charge in [-0.15, -0.1) is 0 Å². The van der Waals surface area contributed by atoms with E-state index in [2.05, 4.69) is 62.2 Å².